The van der Waals surface area contributed by atoms with E-state index in [2.05, 4.69) is 5.10 Å². The van der Waals surface area contributed by atoms with Crippen LogP contribution in [0.3, 0.4) is 0 Å². The highest BCUT2D eigenvalue weighted by molar-refractivity contribution is 5.95. The van der Waals surface area contributed by atoms with Crippen molar-refractivity contribution >= 4 is 11.8 Å². The molecule has 2 fully saturated rings. The first-order chi connectivity index (χ1) is 16.1. The van der Waals surface area contributed by atoms with E-state index in [0.29, 0.717) is 18.9 Å². The van der Waals surface area contributed by atoms with Gasteiger partial charge in [0.15, 0.2) is 11.4 Å². The lowest BCUT2D eigenvalue weighted by Crippen LogP contribution is -2.52. The van der Waals surface area contributed by atoms with Crippen molar-refractivity contribution in [2.24, 2.45) is 5.92 Å². The Labute approximate surface area is 193 Å². The summed E-state index contributed by atoms with van der Waals surface area (Å²) in [5, 5.41) is 4.57. The van der Waals surface area contributed by atoms with E-state index in [1.54, 1.807) is 22.8 Å². The molecule has 3 aliphatic heterocycles. The number of fused-ring (bicyclic) bond motifs is 3. The molecule has 1 aromatic heterocycles. The van der Waals surface area contributed by atoms with E-state index in [0.717, 1.165) is 37.9 Å². The third kappa shape index (κ3) is 4.39. The van der Waals surface area contributed by atoms with Crippen molar-refractivity contribution in [3.63, 3.8) is 0 Å². The molecule has 174 valence electrons. The van der Waals surface area contributed by atoms with Gasteiger partial charge in [0.2, 0.25) is 5.91 Å². The minimum Gasteiger partial charge on any atom is -0.485 e. The van der Waals surface area contributed by atoms with Gasteiger partial charge in [0.1, 0.15) is 6.61 Å². The molecule has 1 aromatic carbocycles. The van der Waals surface area contributed by atoms with Crippen LogP contribution in [0.2, 0.25) is 0 Å². The van der Waals surface area contributed by atoms with Gasteiger partial charge in [0.25, 0.3) is 5.91 Å². The first-order valence-corrected chi connectivity index (χ1v) is 11.7. The average molecular weight is 451 g/mol. The van der Waals surface area contributed by atoms with E-state index < -0.39 is 0 Å². The molecule has 0 unspecified atom stereocenters. The van der Waals surface area contributed by atoms with Gasteiger partial charge in [-0.1, -0.05) is 24.3 Å². The monoisotopic (exact) mass is 450 g/mol. The molecule has 8 heteroatoms. The van der Waals surface area contributed by atoms with Crippen molar-refractivity contribution in [2.75, 3.05) is 33.4 Å². The molecule has 2 saturated heterocycles. The quantitative estimate of drug-likeness (QED) is 0.625. The van der Waals surface area contributed by atoms with Crippen LogP contribution in [0.15, 0.2) is 48.7 Å². The molecular formula is C25H30N4O4. The van der Waals surface area contributed by atoms with Gasteiger partial charge >= 0.3 is 0 Å². The topological polar surface area (TPSA) is 76.9 Å². The maximum Gasteiger partial charge on any atom is 0.278 e. The number of piperidine rings is 1. The van der Waals surface area contributed by atoms with Gasteiger partial charge in [0.05, 0.1) is 23.9 Å². The molecule has 3 aliphatic rings. The molecule has 2 amide bonds. The van der Waals surface area contributed by atoms with Crippen LogP contribution in [-0.4, -0.2) is 76.9 Å². The van der Waals surface area contributed by atoms with Crippen LogP contribution in [0.25, 0.3) is 5.69 Å². The summed E-state index contributed by atoms with van der Waals surface area (Å²) in [6, 6.07) is 9.65. The molecule has 4 heterocycles. The Morgan fingerprint density at radius 3 is 2.79 bits per heavy atom. The SMILES string of the molecule is CN1C[C@H]2CCCCN2C(=O)[C@@H]2CCO[C@H]2/C=C\COc2cn(-c3ccccc3)nc2C1=O. The van der Waals surface area contributed by atoms with Crippen LogP contribution >= 0.6 is 0 Å². The van der Waals surface area contributed by atoms with Gasteiger partial charge in [-0.15, -0.1) is 0 Å². The number of nitrogens with zero attached hydrogens (tertiary/aromatic N) is 4. The van der Waals surface area contributed by atoms with Crippen LogP contribution < -0.4 is 4.74 Å². The molecule has 8 nitrogen and oxygen atoms in total. The molecule has 0 radical (unpaired) electrons. The molecule has 3 atom stereocenters. The number of rotatable bonds is 1. The maximum atomic E-state index is 13.4. The summed E-state index contributed by atoms with van der Waals surface area (Å²) >= 11 is 0. The fourth-order valence-electron chi connectivity index (χ4n) is 4.99. The van der Waals surface area contributed by atoms with Gasteiger partial charge < -0.3 is 19.3 Å². The number of carbonyl (C=O) groups excluding carboxylic acids is 2. The van der Waals surface area contributed by atoms with Gasteiger partial charge in [-0.25, -0.2) is 4.68 Å². The second kappa shape index (κ2) is 9.39. The predicted octanol–water partition coefficient (Wildman–Crippen LogP) is 2.68. The van der Waals surface area contributed by atoms with E-state index >= 15 is 0 Å². The van der Waals surface area contributed by atoms with Crippen molar-refractivity contribution < 1.29 is 19.1 Å². The largest absolute Gasteiger partial charge is 0.485 e. The fraction of sp³-hybridized carbons (Fsp3) is 0.480. The van der Waals surface area contributed by atoms with E-state index in [1.165, 1.54) is 0 Å². The molecular weight excluding hydrogens is 420 g/mol. The van der Waals surface area contributed by atoms with Gasteiger partial charge in [-0.2, -0.15) is 5.10 Å². The van der Waals surface area contributed by atoms with Crippen LogP contribution in [0.5, 0.6) is 5.75 Å². The highest BCUT2D eigenvalue weighted by Gasteiger charge is 2.39. The summed E-state index contributed by atoms with van der Waals surface area (Å²) in [5.74, 6) is 0.195. The summed E-state index contributed by atoms with van der Waals surface area (Å²) < 4.78 is 13.5. The molecule has 0 spiro atoms. The summed E-state index contributed by atoms with van der Waals surface area (Å²) in [7, 11) is 1.78. The van der Waals surface area contributed by atoms with Crippen LogP contribution in [0.4, 0.5) is 0 Å². The summed E-state index contributed by atoms with van der Waals surface area (Å²) in [5.41, 5.74) is 1.12. The van der Waals surface area contributed by atoms with Crippen molar-refractivity contribution in [2.45, 2.75) is 37.8 Å². The Hall–Kier alpha value is -3.13. The van der Waals surface area contributed by atoms with Crippen molar-refractivity contribution in [3.05, 3.63) is 54.4 Å². The zero-order valence-corrected chi connectivity index (χ0v) is 18.9. The minimum absolute atomic E-state index is 0.00560. The molecule has 0 bridgehead atoms. The third-order valence-electron chi connectivity index (χ3n) is 6.76. The number of hydrogen-bond donors (Lipinski definition) is 0. The summed E-state index contributed by atoms with van der Waals surface area (Å²) in [6.45, 7) is 2.04. The minimum atomic E-state index is -0.238. The van der Waals surface area contributed by atoms with Crippen LogP contribution in [0.1, 0.15) is 36.2 Å². The van der Waals surface area contributed by atoms with Crippen molar-refractivity contribution in [1.29, 1.82) is 0 Å². The van der Waals surface area contributed by atoms with Crippen molar-refractivity contribution in [1.82, 2.24) is 19.6 Å². The Kier molecular flexibility index (Phi) is 6.17. The number of amides is 2. The smallest absolute Gasteiger partial charge is 0.278 e. The fourth-order valence-corrected chi connectivity index (χ4v) is 4.99. The van der Waals surface area contributed by atoms with E-state index in [-0.39, 0.29) is 42.2 Å². The first-order valence-electron chi connectivity index (χ1n) is 11.7. The van der Waals surface area contributed by atoms with Gasteiger partial charge in [0, 0.05) is 32.8 Å². The Morgan fingerprint density at radius 2 is 1.94 bits per heavy atom. The molecule has 2 aromatic rings. The van der Waals surface area contributed by atoms with Crippen LogP contribution in [0, 0.1) is 5.92 Å². The number of aromatic nitrogens is 2. The highest BCUT2D eigenvalue weighted by Crippen LogP contribution is 2.29. The zero-order chi connectivity index (χ0) is 22.8. The lowest BCUT2D eigenvalue weighted by molar-refractivity contribution is -0.140. The molecule has 5 rings (SSSR count). The van der Waals surface area contributed by atoms with E-state index in [4.69, 9.17) is 9.47 Å². The Balaban J connectivity index is 1.49. The number of likely N-dealkylation sites (N-methyl/N-ethyl adjacent to an activating group) is 1. The molecule has 0 saturated carbocycles. The van der Waals surface area contributed by atoms with E-state index in [9.17, 15) is 9.59 Å². The number of carbonyl (C=O) groups is 2. The lowest BCUT2D eigenvalue weighted by Gasteiger charge is -2.39. The van der Waals surface area contributed by atoms with E-state index in [1.807, 2.05) is 47.4 Å². The first kappa shape index (κ1) is 21.7. The second-order valence-corrected chi connectivity index (χ2v) is 8.96. The number of para-hydroxylation sites is 1. The predicted molar refractivity (Wildman–Crippen MR) is 122 cm³/mol. The summed E-state index contributed by atoms with van der Waals surface area (Å²) in [4.78, 5) is 30.5. The molecule has 0 aliphatic carbocycles. The Morgan fingerprint density at radius 1 is 1.09 bits per heavy atom. The zero-order valence-electron chi connectivity index (χ0n) is 18.9. The van der Waals surface area contributed by atoms with Crippen LogP contribution in [-0.2, 0) is 9.53 Å². The van der Waals surface area contributed by atoms with Gasteiger partial charge in [-0.05, 0) is 43.9 Å². The highest BCUT2D eigenvalue weighted by atomic mass is 16.5. The maximum absolute atomic E-state index is 13.4. The number of benzene rings is 1. The normalized spacial score (nSPS) is 27.2. The third-order valence-corrected chi connectivity index (χ3v) is 6.76. The second-order valence-electron chi connectivity index (χ2n) is 8.96. The number of ether oxygens (including phenoxy) is 2. The number of hydrogen-bond acceptors (Lipinski definition) is 5. The lowest BCUT2D eigenvalue weighted by atomic mass is 9.94. The standard InChI is InChI=1S/C25H30N4O4/c1-27-16-19-10-5-6-13-28(19)24(30)20-12-15-33-21(20)11-7-14-32-22-17-29(26-23(22)25(27)31)18-8-3-2-4-9-18/h2-4,7-9,11,17,19-21H,5-6,10,12-16H2,1H3/b11-7-/t19-,20-,21+/m1/s1. The molecule has 33 heavy (non-hydrogen) atoms. The average Bonchev–Trinajstić information content (AvgIpc) is 3.48. The van der Waals surface area contributed by atoms with Gasteiger partial charge in [-0.3, -0.25) is 9.59 Å². The summed E-state index contributed by atoms with van der Waals surface area (Å²) in [6.07, 6.45) is 8.97. The Bertz CT molecular complexity index is 1030. The molecule has 0 N–H and O–H groups in total. The van der Waals surface area contributed by atoms with Crippen molar-refractivity contribution in [3.8, 4) is 11.4 Å².